The normalized spacial score (nSPS) is 10.1. The first-order chi connectivity index (χ1) is 7.66. The van der Waals surface area contributed by atoms with E-state index in [0.717, 1.165) is 0 Å². The molecule has 6 heteroatoms. The third-order valence-electron chi connectivity index (χ3n) is 1.79. The van der Waals surface area contributed by atoms with Crippen LogP contribution >= 0.6 is 0 Å². The maximum absolute atomic E-state index is 11.1. The summed E-state index contributed by atoms with van der Waals surface area (Å²) in [5.74, 6) is -1.02. The Morgan fingerprint density at radius 3 is 2.56 bits per heavy atom. The third kappa shape index (κ3) is 10.9. The van der Waals surface area contributed by atoms with E-state index >= 15 is 0 Å². The second kappa shape index (κ2) is 10.4. The zero-order valence-corrected chi connectivity index (χ0v) is 9.53. The summed E-state index contributed by atoms with van der Waals surface area (Å²) in [5.41, 5.74) is 0. The van der Waals surface area contributed by atoms with Crippen LogP contribution in [-0.4, -0.2) is 50.5 Å². The van der Waals surface area contributed by atoms with Crippen molar-refractivity contribution in [2.24, 2.45) is 0 Å². The molecule has 16 heavy (non-hydrogen) atoms. The highest BCUT2D eigenvalue weighted by atomic mass is 16.5. The Hall–Kier alpha value is -1.14. The Labute approximate surface area is 94.9 Å². The molecule has 0 rings (SSSR count). The fourth-order valence-electron chi connectivity index (χ4n) is 0.995. The first-order valence-electron chi connectivity index (χ1n) is 5.22. The number of aliphatic carboxylic acids is 1. The topological polar surface area (TPSA) is 84.9 Å². The molecule has 2 N–H and O–H groups in total. The minimum Gasteiger partial charge on any atom is -0.481 e. The summed E-state index contributed by atoms with van der Waals surface area (Å²) in [6, 6.07) is 0. The van der Waals surface area contributed by atoms with Crippen LogP contribution in [0.1, 0.15) is 19.3 Å². The van der Waals surface area contributed by atoms with Gasteiger partial charge in [-0.1, -0.05) is 0 Å². The van der Waals surface area contributed by atoms with Gasteiger partial charge in [-0.25, -0.2) is 0 Å². The van der Waals surface area contributed by atoms with Crippen molar-refractivity contribution in [2.45, 2.75) is 19.3 Å². The van der Waals surface area contributed by atoms with Crippen LogP contribution in [0.5, 0.6) is 0 Å². The minimum absolute atomic E-state index is 0.0256. The van der Waals surface area contributed by atoms with Gasteiger partial charge in [0.05, 0.1) is 19.8 Å². The average molecular weight is 233 g/mol. The van der Waals surface area contributed by atoms with Gasteiger partial charge in [-0.2, -0.15) is 0 Å². The first kappa shape index (κ1) is 14.9. The highest BCUT2D eigenvalue weighted by Crippen LogP contribution is 1.94. The number of ether oxygens (including phenoxy) is 2. The van der Waals surface area contributed by atoms with Gasteiger partial charge in [0.2, 0.25) is 5.91 Å². The summed E-state index contributed by atoms with van der Waals surface area (Å²) >= 11 is 0. The molecule has 0 saturated carbocycles. The number of rotatable bonds is 10. The zero-order valence-electron chi connectivity index (χ0n) is 9.53. The van der Waals surface area contributed by atoms with Crippen LogP contribution in [0, 0.1) is 0 Å². The largest absolute Gasteiger partial charge is 0.481 e. The lowest BCUT2D eigenvalue weighted by Crippen LogP contribution is -2.27. The summed E-state index contributed by atoms with van der Waals surface area (Å²) in [7, 11) is 1.59. The molecule has 0 aromatic rings. The highest BCUT2D eigenvalue weighted by Gasteiger charge is 2.02. The van der Waals surface area contributed by atoms with Crippen molar-refractivity contribution in [1.29, 1.82) is 0 Å². The molecule has 0 saturated heterocycles. The predicted molar refractivity (Wildman–Crippen MR) is 57.2 cm³/mol. The predicted octanol–water partition coefficient (Wildman–Crippen LogP) is 0.0205. The average Bonchev–Trinajstić information content (AvgIpc) is 2.22. The monoisotopic (exact) mass is 233 g/mol. The van der Waals surface area contributed by atoms with E-state index in [1.165, 1.54) is 0 Å². The number of methoxy groups -OCH3 is 1. The molecule has 0 fully saturated rings. The summed E-state index contributed by atoms with van der Waals surface area (Å²) < 4.78 is 9.91. The molecule has 0 heterocycles. The van der Waals surface area contributed by atoms with E-state index in [9.17, 15) is 9.59 Å². The van der Waals surface area contributed by atoms with E-state index in [2.05, 4.69) is 5.32 Å². The molecule has 0 aromatic carbocycles. The van der Waals surface area contributed by atoms with Gasteiger partial charge in [0.1, 0.15) is 0 Å². The zero-order chi connectivity index (χ0) is 12.2. The van der Waals surface area contributed by atoms with Crippen LogP contribution in [0.15, 0.2) is 0 Å². The van der Waals surface area contributed by atoms with E-state index in [4.69, 9.17) is 14.6 Å². The maximum Gasteiger partial charge on any atom is 0.303 e. The SMILES string of the molecule is COCCOCCNC(=O)CCCC(=O)O. The number of carboxylic acid groups (broad SMARTS) is 1. The van der Waals surface area contributed by atoms with Gasteiger partial charge in [0.25, 0.3) is 0 Å². The fourth-order valence-corrected chi connectivity index (χ4v) is 0.995. The van der Waals surface area contributed by atoms with Crippen molar-refractivity contribution in [3.05, 3.63) is 0 Å². The van der Waals surface area contributed by atoms with E-state index in [1.807, 2.05) is 0 Å². The molecule has 0 radical (unpaired) electrons. The van der Waals surface area contributed by atoms with Crippen molar-refractivity contribution >= 4 is 11.9 Å². The second-order valence-corrected chi connectivity index (χ2v) is 3.20. The van der Waals surface area contributed by atoms with E-state index in [0.29, 0.717) is 32.8 Å². The Morgan fingerprint density at radius 2 is 1.94 bits per heavy atom. The molecule has 0 bridgehead atoms. The van der Waals surface area contributed by atoms with Crippen molar-refractivity contribution in [2.75, 3.05) is 33.5 Å². The maximum atomic E-state index is 11.1. The van der Waals surface area contributed by atoms with Gasteiger partial charge in [-0.3, -0.25) is 9.59 Å². The van der Waals surface area contributed by atoms with Crippen molar-refractivity contribution in [3.8, 4) is 0 Å². The summed E-state index contributed by atoms with van der Waals surface area (Å²) in [6.45, 7) is 1.92. The molecule has 6 nitrogen and oxygen atoms in total. The first-order valence-corrected chi connectivity index (χ1v) is 5.22. The summed E-state index contributed by atoms with van der Waals surface area (Å²) in [6.07, 6.45) is 0.633. The van der Waals surface area contributed by atoms with Crippen molar-refractivity contribution < 1.29 is 24.2 Å². The Bertz CT molecular complexity index is 207. The number of carboxylic acids is 1. The van der Waals surface area contributed by atoms with Gasteiger partial charge in [0.15, 0.2) is 0 Å². The van der Waals surface area contributed by atoms with Gasteiger partial charge in [0, 0.05) is 26.5 Å². The molecule has 1 amide bonds. The number of carbonyl (C=O) groups excluding carboxylic acids is 1. The quantitative estimate of drug-likeness (QED) is 0.520. The summed E-state index contributed by atoms with van der Waals surface area (Å²) in [5, 5.41) is 11.0. The standard InChI is InChI=1S/C10H19NO5/c1-15-7-8-16-6-5-11-9(12)3-2-4-10(13)14/h2-8H2,1H3,(H,11,12)(H,13,14). The molecule has 0 unspecified atom stereocenters. The molecular weight excluding hydrogens is 214 g/mol. The van der Waals surface area contributed by atoms with Gasteiger partial charge >= 0.3 is 5.97 Å². The minimum atomic E-state index is -0.879. The van der Waals surface area contributed by atoms with Gasteiger partial charge in [-0.05, 0) is 6.42 Å². The summed E-state index contributed by atoms with van der Waals surface area (Å²) in [4.78, 5) is 21.3. The number of hydrogen-bond acceptors (Lipinski definition) is 4. The fraction of sp³-hybridized carbons (Fsp3) is 0.800. The van der Waals surface area contributed by atoms with E-state index in [-0.39, 0.29) is 18.7 Å². The molecule has 0 spiro atoms. The highest BCUT2D eigenvalue weighted by molar-refractivity contribution is 5.76. The van der Waals surface area contributed by atoms with Crippen LogP contribution in [0.3, 0.4) is 0 Å². The molecule has 0 atom stereocenters. The molecule has 0 aliphatic carbocycles. The molecule has 0 aliphatic rings. The smallest absolute Gasteiger partial charge is 0.303 e. The molecule has 0 aliphatic heterocycles. The lowest BCUT2D eigenvalue weighted by molar-refractivity contribution is -0.137. The van der Waals surface area contributed by atoms with Crippen LogP contribution in [0.25, 0.3) is 0 Å². The number of nitrogens with one attached hydrogen (secondary N) is 1. The van der Waals surface area contributed by atoms with Gasteiger partial charge < -0.3 is 19.9 Å². The molecule has 0 aromatic heterocycles. The van der Waals surface area contributed by atoms with E-state index < -0.39 is 5.97 Å². The van der Waals surface area contributed by atoms with E-state index in [1.54, 1.807) is 7.11 Å². The molecular formula is C10H19NO5. The van der Waals surface area contributed by atoms with Crippen molar-refractivity contribution in [3.63, 3.8) is 0 Å². The number of carbonyl (C=O) groups is 2. The lowest BCUT2D eigenvalue weighted by atomic mass is 10.2. The van der Waals surface area contributed by atoms with Gasteiger partial charge in [-0.15, -0.1) is 0 Å². The lowest BCUT2D eigenvalue weighted by Gasteiger charge is -2.05. The molecule has 94 valence electrons. The Morgan fingerprint density at radius 1 is 1.19 bits per heavy atom. The van der Waals surface area contributed by atoms with Crippen LogP contribution in [0.2, 0.25) is 0 Å². The second-order valence-electron chi connectivity index (χ2n) is 3.20. The van der Waals surface area contributed by atoms with Crippen LogP contribution in [-0.2, 0) is 19.1 Å². The number of hydrogen-bond donors (Lipinski definition) is 2. The number of amides is 1. The van der Waals surface area contributed by atoms with Crippen molar-refractivity contribution in [1.82, 2.24) is 5.32 Å². The Balaban J connectivity index is 3.20. The Kier molecular flexibility index (Phi) is 9.64. The third-order valence-corrected chi connectivity index (χ3v) is 1.79. The van der Waals surface area contributed by atoms with Crippen LogP contribution in [0.4, 0.5) is 0 Å². The van der Waals surface area contributed by atoms with Crippen LogP contribution < -0.4 is 5.32 Å².